The van der Waals surface area contributed by atoms with Crippen LogP contribution >= 0.6 is 0 Å². The third-order valence-electron chi connectivity index (χ3n) is 2.14. The first-order valence-electron chi connectivity index (χ1n) is 4.65. The summed E-state index contributed by atoms with van der Waals surface area (Å²) in [6, 6.07) is 0.247. The zero-order chi connectivity index (χ0) is 10.6. The summed E-state index contributed by atoms with van der Waals surface area (Å²) in [7, 11) is 1.46. The highest BCUT2D eigenvalue weighted by molar-refractivity contribution is 5.78. The van der Waals surface area contributed by atoms with Crippen molar-refractivity contribution in [1.29, 1.82) is 0 Å². The molecule has 0 aromatic carbocycles. The molecule has 0 aliphatic heterocycles. The van der Waals surface area contributed by atoms with Gasteiger partial charge in [-0.05, 0) is 12.8 Å². The van der Waals surface area contributed by atoms with Crippen LogP contribution < -0.4 is 0 Å². The third kappa shape index (κ3) is 3.33. The molecule has 0 spiro atoms. The zero-order valence-corrected chi connectivity index (χ0v) is 8.23. The van der Waals surface area contributed by atoms with Gasteiger partial charge < -0.3 is 14.7 Å². The Morgan fingerprint density at radius 3 is 2.57 bits per heavy atom. The molecular formula is C9H15NO4. The van der Waals surface area contributed by atoms with Gasteiger partial charge in [0, 0.05) is 19.7 Å². The van der Waals surface area contributed by atoms with E-state index >= 15 is 0 Å². The first-order chi connectivity index (χ1) is 6.65. The van der Waals surface area contributed by atoms with Crippen molar-refractivity contribution in [1.82, 2.24) is 4.90 Å². The van der Waals surface area contributed by atoms with E-state index in [2.05, 4.69) is 0 Å². The van der Waals surface area contributed by atoms with Gasteiger partial charge in [-0.3, -0.25) is 9.59 Å². The zero-order valence-electron chi connectivity index (χ0n) is 8.23. The molecule has 80 valence electrons. The van der Waals surface area contributed by atoms with Crippen LogP contribution in [-0.4, -0.2) is 48.2 Å². The summed E-state index contributed by atoms with van der Waals surface area (Å²) in [5.74, 6) is -0.989. The maximum atomic E-state index is 11.4. The molecule has 1 rings (SSSR count). The smallest absolute Gasteiger partial charge is 0.305 e. The van der Waals surface area contributed by atoms with Crippen molar-refractivity contribution >= 4 is 11.9 Å². The Morgan fingerprint density at radius 1 is 1.50 bits per heavy atom. The van der Waals surface area contributed by atoms with Gasteiger partial charge >= 0.3 is 5.97 Å². The van der Waals surface area contributed by atoms with Crippen molar-refractivity contribution in [3.05, 3.63) is 0 Å². The number of methoxy groups -OCH3 is 1. The monoisotopic (exact) mass is 201 g/mol. The molecule has 0 unspecified atom stereocenters. The lowest BCUT2D eigenvalue weighted by atomic mass is 10.3. The SMILES string of the molecule is COCC(=O)N(CCC(=O)O)C1CC1. The minimum absolute atomic E-state index is 0.00591. The number of aliphatic carboxylic acids is 1. The van der Waals surface area contributed by atoms with Crippen LogP contribution in [0.5, 0.6) is 0 Å². The van der Waals surface area contributed by atoms with Crippen molar-refractivity contribution in [2.75, 3.05) is 20.3 Å². The number of nitrogens with zero attached hydrogens (tertiary/aromatic N) is 1. The van der Waals surface area contributed by atoms with Crippen molar-refractivity contribution in [2.45, 2.75) is 25.3 Å². The molecule has 0 heterocycles. The first-order valence-corrected chi connectivity index (χ1v) is 4.65. The molecule has 5 heteroatoms. The lowest BCUT2D eigenvalue weighted by Gasteiger charge is -2.20. The first kappa shape index (κ1) is 11.0. The molecule has 0 bridgehead atoms. The van der Waals surface area contributed by atoms with E-state index in [1.165, 1.54) is 7.11 Å². The van der Waals surface area contributed by atoms with Gasteiger partial charge in [-0.1, -0.05) is 0 Å². The number of ether oxygens (including phenoxy) is 1. The van der Waals surface area contributed by atoms with Gasteiger partial charge in [0.15, 0.2) is 0 Å². The van der Waals surface area contributed by atoms with E-state index in [0.717, 1.165) is 12.8 Å². The maximum absolute atomic E-state index is 11.4. The molecule has 1 N–H and O–H groups in total. The van der Waals surface area contributed by atoms with Crippen molar-refractivity contribution in [3.63, 3.8) is 0 Å². The lowest BCUT2D eigenvalue weighted by Crippen LogP contribution is -2.37. The Hall–Kier alpha value is -1.10. The predicted molar refractivity (Wildman–Crippen MR) is 48.9 cm³/mol. The van der Waals surface area contributed by atoms with Crippen LogP contribution in [0.1, 0.15) is 19.3 Å². The van der Waals surface area contributed by atoms with Crippen LogP contribution in [0.25, 0.3) is 0 Å². The molecule has 0 radical (unpaired) electrons. The number of hydrogen-bond donors (Lipinski definition) is 1. The van der Waals surface area contributed by atoms with Crippen LogP contribution in [0.3, 0.4) is 0 Å². The highest BCUT2D eigenvalue weighted by Gasteiger charge is 2.32. The fraction of sp³-hybridized carbons (Fsp3) is 0.778. The van der Waals surface area contributed by atoms with E-state index in [-0.39, 0.29) is 25.0 Å². The number of rotatable bonds is 6. The number of carbonyl (C=O) groups excluding carboxylic acids is 1. The van der Waals surface area contributed by atoms with Gasteiger partial charge in [0.05, 0.1) is 6.42 Å². The number of hydrogen-bond acceptors (Lipinski definition) is 3. The molecule has 1 aliphatic carbocycles. The van der Waals surface area contributed by atoms with E-state index < -0.39 is 5.97 Å². The quantitative estimate of drug-likeness (QED) is 0.661. The highest BCUT2D eigenvalue weighted by Crippen LogP contribution is 2.26. The highest BCUT2D eigenvalue weighted by atomic mass is 16.5. The van der Waals surface area contributed by atoms with Gasteiger partial charge in [-0.25, -0.2) is 0 Å². The average Bonchev–Trinajstić information content (AvgIpc) is 2.88. The second-order valence-corrected chi connectivity index (χ2v) is 3.40. The molecule has 1 aliphatic rings. The van der Waals surface area contributed by atoms with Crippen LogP contribution in [-0.2, 0) is 14.3 Å². The van der Waals surface area contributed by atoms with E-state index in [1.54, 1.807) is 4.90 Å². The van der Waals surface area contributed by atoms with Gasteiger partial charge in [-0.2, -0.15) is 0 Å². The van der Waals surface area contributed by atoms with Gasteiger partial charge in [-0.15, -0.1) is 0 Å². The number of carbonyl (C=O) groups is 2. The van der Waals surface area contributed by atoms with Gasteiger partial charge in [0.1, 0.15) is 6.61 Å². The lowest BCUT2D eigenvalue weighted by molar-refractivity contribution is -0.139. The van der Waals surface area contributed by atoms with E-state index in [4.69, 9.17) is 9.84 Å². The second kappa shape index (κ2) is 4.95. The Balaban J connectivity index is 2.38. The topological polar surface area (TPSA) is 66.8 Å². The minimum Gasteiger partial charge on any atom is -0.481 e. The number of carboxylic acid groups (broad SMARTS) is 1. The summed E-state index contributed by atoms with van der Waals surface area (Å²) in [4.78, 5) is 23.4. The average molecular weight is 201 g/mol. The van der Waals surface area contributed by atoms with Crippen LogP contribution in [0.15, 0.2) is 0 Å². The van der Waals surface area contributed by atoms with E-state index in [9.17, 15) is 9.59 Å². The maximum Gasteiger partial charge on any atom is 0.305 e. The largest absolute Gasteiger partial charge is 0.481 e. The summed E-state index contributed by atoms with van der Waals surface area (Å²) >= 11 is 0. The van der Waals surface area contributed by atoms with Crippen LogP contribution in [0.4, 0.5) is 0 Å². The fourth-order valence-corrected chi connectivity index (χ4v) is 1.32. The molecule has 14 heavy (non-hydrogen) atoms. The summed E-state index contributed by atoms with van der Waals surface area (Å²) in [5, 5.41) is 8.51. The Bertz CT molecular complexity index is 225. The molecular weight excluding hydrogens is 186 g/mol. The third-order valence-corrected chi connectivity index (χ3v) is 2.14. The minimum atomic E-state index is -0.874. The summed E-state index contributed by atoms with van der Waals surface area (Å²) in [6.45, 7) is 0.332. The van der Waals surface area contributed by atoms with Gasteiger partial charge in [0.25, 0.3) is 0 Å². The Labute approximate surface area is 82.6 Å². The van der Waals surface area contributed by atoms with Crippen LogP contribution in [0.2, 0.25) is 0 Å². The molecule has 0 atom stereocenters. The fourth-order valence-electron chi connectivity index (χ4n) is 1.32. The van der Waals surface area contributed by atoms with Crippen molar-refractivity contribution in [3.8, 4) is 0 Å². The summed E-state index contributed by atoms with van der Waals surface area (Å²) in [5.41, 5.74) is 0. The molecule has 1 saturated carbocycles. The Kier molecular flexibility index (Phi) is 3.88. The molecule has 1 amide bonds. The summed E-state index contributed by atoms with van der Waals surface area (Å²) in [6.07, 6.45) is 1.97. The molecule has 0 aromatic heterocycles. The number of amides is 1. The van der Waals surface area contributed by atoms with Crippen molar-refractivity contribution in [2.24, 2.45) is 0 Å². The standard InChI is InChI=1S/C9H15NO4/c1-14-6-8(11)10(7-2-3-7)5-4-9(12)13/h7H,2-6H2,1H3,(H,12,13). The predicted octanol–water partition coefficient (Wildman–Crippen LogP) is 0.0985. The van der Waals surface area contributed by atoms with E-state index in [0.29, 0.717) is 6.54 Å². The molecule has 5 nitrogen and oxygen atoms in total. The second-order valence-electron chi connectivity index (χ2n) is 3.40. The number of carboxylic acids is 1. The molecule has 0 saturated heterocycles. The van der Waals surface area contributed by atoms with E-state index in [1.807, 2.05) is 0 Å². The Morgan fingerprint density at radius 2 is 2.14 bits per heavy atom. The summed E-state index contributed by atoms with van der Waals surface area (Å²) < 4.78 is 4.73. The van der Waals surface area contributed by atoms with Crippen LogP contribution in [0, 0.1) is 0 Å². The molecule has 0 aromatic rings. The van der Waals surface area contributed by atoms with Gasteiger partial charge in [0.2, 0.25) is 5.91 Å². The normalized spacial score (nSPS) is 15.2. The molecule has 1 fully saturated rings. The van der Waals surface area contributed by atoms with Crippen molar-refractivity contribution < 1.29 is 19.4 Å².